The summed E-state index contributed by atoms with van der Waals surface area (Å²) < 4.78 is 13.8. The van der Waals surface area contributed by atoms with E-state index in [0.717, 1.165) is 30.2 Å². The second-order valence-corrected chi connectivity index (χ2v) is 6.80. The lowest BCUT2D eigenvalue weighted by Gasteiger charge is -2.19. The first-order valence-corrected chi connectivity index (χ1v) is 8.48. The van der Waals surface area contributed by atoms with Crippen LogP contribution < -0.4 is 0 Å². The number of aryl methyl sites for hydroxylation is 1. The van der Waals surface area contributed by atoms with Gasteiger partial charge in [-0.1, -0.05) is 13.3 Å². The van der Waals surface area contributed by atoms with Crippen molar-refractivity contribution in [1.82, 2.24) is 4.57 Å². The maximum Gasteiger partial charge on any atom is 0.270 e. The van der Waals surface area contributed by atoms with Crippen molar-refractivity contribution >= 4 is 16.6 Å². The number of hydrogen-bond donors (Lipinski definition) is 0. The third kappa shape index (κ3) is 3.44. The van der Waals surface area contributed by atoms with Crippen LogP contribution in [0, 0.1) is 10.1 Å². The molecule has 0 bridgehead atoms. The molecule has 0 radical (unpaired) electrons. The fourth-order valence-electron chi connectivity index (χ4n) is 3.27. The van der Waals surface area contributed by atoms with E-state index in [9.17, 15) is 10.1 Å². The Morgan fingerprint density at radius 1 is 1.38 bits per heavy atom. The van der Waals surface area contributed by atoms with Gasteiger partial charge in [0.2, 0.25) is 0 Å². The standard InChI is InChI=1S/C18H24N2O4/c1-4-5-6-14-9-13-10-15(20(21)22)7-8-17(13)19(14)11-16-12-23-18(2,3)24-16/h7-10,16H,4-6,11-12H2,1-3H3. The number of unbranched alkanes of at least 4 members (excludes halogenated alkanes) is 1. The van der Waals surface area contributed by atoms with Crippen LogP contribution in [0.5, 0.6) is 0 Å². The van der Waals surface area contributed by atoms with Gasteiger partial charge in [-0.05, 0) is 38.8 Å². The lowest BCUT2D eigenvalue weighted by Crippen LogP contribution is -2.24. The minimum atomic E-state index is -0.546. The molecule has 0 N–H and O–H groups in total. The van der Waals surface area contributed by atoms with E-state index in [1.165, 1.54) is 5.69 Å². The summed E-state index contributed by atoms with van der Waals surface area (Å²) >= 11 is 0. The van der Waals surface area contributed by atoms with E-state index >= 15 is 0 Å². The van der Waals surface area contributed by atoms with E-state index in [-0.39, 0.29) is 16.7 Å². The Morgan fingerprint density at radius 2 is 2.17 bits per heavy atom. The molecule has 1 aromatic heterocycles. The van der Waals surface area contributed by atoms with Crippen LogP contribution in [0.1, 0.15) is 39.3 Å². The summed E-state index contributed by atoms with van der Waals surface area (Å²) in [7, 11) is 0. The van der Waals surface area contributed by atoms with E-state index in [0.29, 0.717) is 13.2 Å². The van der Waals surface area contributed by atoms with Crippen molar-refractivity contribution in [1.29, 1.82) is 0 Å². The highest BCUT2D eigenvalue weighted by atomic mass is 16.7. The number of nitro benzene ring substituents is 1. The molecule has 6 heteroatoms. The summed E-state index contributed by atoms with van der Waals surface area (Å²) in [4.78, 5) is 10.7. The van der Waals surface area contributed by atoms with Gasteiger partial charge in [0.05, 0.1) is 18.1 Å². The Balaban J connectivity index is 1.95. The van der Waals surface area contributed by atoms with Crippen molar-refractivity contribution in [2.75, 3.05) is 6.61 Å². The van der Waals surface area contributed by atoms with Crippen molar-refractivity contribution < 1.29 is 14.4 Å². The number of non-ortho nitro benzene ring substituents is 1. The van der Waals surface area contributed by atoms with Gasteiger partial charge in [-0.3, -0.25) is 10.1 Å². The first-order chi connectivity index (χ1) is 11.4. The smallest absolute Gasteiger partial charge is 0.270 e. The summed E-state index contributed by atoms with van der Waals surface area (Å²) in [5.41, 5.74) is 2.34. The fourth-order valence-corrected chi connectivity index (χ4v) is 3.27. The number of fused-ring (bicyclic) bond motifs is 1. The van der Waals surface area contributed by atoms with Crippen LogP contribution in [0.2, 0.25) is 0 Å². The lowest BCUT2D eigenvalue weighted by atomic mass is 10.2. The zero-order valence-electron chi connectivity index (χ0n) is 14.4. The number of nitrogens with zero attached hydrogens (tertiary/aromatic N) is 2. The summed E-state index contributed by atoms with van der Waals surface area (Å²) in [6, 6.07) is 7.12. The van der Waals surface area contributed by atoms with E-state index in [4.69, 9.17) is 9.47 Å². The van der Waals surface area contributed by atoms with Gasteiger partial charge in [-0.15, -0.1) is 0 Å². The molecular formula is C18H24N2O4. The first-order valence-electron chi connectivity index (χ1n) is 8.48. The SMILES string of the molecule is CCCCc1cc2cc([N+](=O)[O-])ccc2n1CC1COC(C)(C)O1. The summed E-state index contributed by atoms with van der Waals surface area (Å²) in [5.74, 6) is -0.546. The van der Waals surface area contributed by atoms with E-state index in [1.807, 2.05) is 19.9 Å². The molecule has 2 heterocycles. The molecule has 1 aromatic carbocycles. The minimum absolute atomic E-state index is 0.00818. The number of benzene rings is 1. The third-order valence-electron chi connectivity index (χ3n) is 4.42. The maximum atomic E-state index is 11.0. The van der Waals surface area contributed by atoms with Crippen LogP contribution in [0.3, 0.4) is 0 Å². The first kappa shape index (κ1) is 16.9. The van der Waals surface area contributed by atoms with Gasteiger partial charge < -0.3 is 14.0 Å². The van der Waals surface area contributed by atoms with Crippen LogP contribution in [-0.2, 0) is 22.4 Å². The highest BCUT2D eigenvalue weighted by Crippen LogP contribution is 2.29. The minimum Gasteiger partial charge on any atom is -0.348 e. The largest absolute Gasteiger partial charge is 0.348 e. The van der Waals surface area contributed by atoms with Crippen molar-refractivity contribution in [2.24, 2.45) is 0 Å². The zero-order chi connectivity index (χ0) is 17.3. The normalized spacial score (nSPS) is 19.9. The molecule has 3 rings (SSSR count). The van der Waals surface area contributed by atoms with Gasteiger partial charge >= 0.3 is 0 Å². The molecule has 130 valence electrons. The van der Waals surface area contributed by atoms with Gasteiger partial charge in [-0.25, -0.2) is 0 Å². The van der Waals surface area contributed by atoms with Crippen LogP contribution in [0.15, 0.2) is 24.3 Å². The Hall–Kier alpha value is -1.92. The van der Waals surface area contributed by atoms with E-state index in [1.54, 1.807) is 12.1 Å². The predicted octanol–water partition coefficient (Wildman–Crippen LogP) is 4.04. The molecule has 1 saturated heterocycles. The van der Waals surface area contributed by atoms with Crippen LogP contribution >= 0.6 is 0 Å². The summed E-state index contributed by atoms with van der Waals surface area (Å²) in [6.07, 6.45) is 3.14. The van der Waals surface area contributed by atoms with Crippen LogP contribution in [0.25, 0.3) is 10.9 Å². The summed E-state index contributed by atoms with van der Waals surface area (Å²) in [5, 5.41) is 11.9. The highest BCUT2D eigenvalue weighted by molar-refractivity contribution is 5.83. The lowest BCUT2D eigenvalue weighted by molar-refractivity contribution is -0.384. The Bertz CT molecular complexity index is 751. The molecular weight excluding hydrogens is 308 g/mol. The molecule has 1 aliphatic rings. The number of ether oxygens (including phenoxy) is 2. The van der Waals surface area contributed by atoms with Crippen LogP contribution in [0.4, 0.5) is 5.69 Å². The highest BCUT2D eigenvalue weighted by Gasteiger charge is 2.33. The molecule has 1 aliphatic heterocycles. The molecule has 2 aromatic rings. The average Bonchev–Trinajstić information content (AvgIpc) is 3.05. The molecule has 0 aliphatic carbocycles. The van der Waals surface area contributed by atoms with Gasteiger partial charge in [0.15, 0.2) is 5.79 Å². The topological polar surface area (TPSA) is 66.5 Å². The van der Waals surface area contributed by atoms with Crippen molar-refractivity contribution in [3.8, 4) is 0 Å². The average molecular weight is 332 g/mol. The summed E-state index contributed by atoms with van der Waals surface area (Å²) in [6.45, 7) is 7.26. The second kappa shape index (κ2) is 6.53. The van der Waals surface area contributed by atoms with Crippen molar-refractivity contribution in [3.05, 3.63) is 40.1 Å². The van der Waals surface area contributed by atoms with E-state index < -0.39 is 5.79 Å². The van der Waals surface area contributed by atoms with Gasteiger partial charge in [0, 0.05) is 28.7 Å². The number of hydrogen-bond acceptors (Lipinski definition) is 4. The molecule has 0 spiro atoms. The molecule has 1 unspecified atom stereocenters. The zero-order valence-corrected chi connectivity index (χ0v) is 14.4. The van der Waals surface area contributed by atoms with Crippen molar-refractivity contribution in [3.63, 3.8) is 0 Å². The van der Waals surface area contributed by atoms with Gasteiger partial charge in [0.25, 0.3) is 5.69 Å². The molecule has 0 amide bonds. The van der Waals surface area contributed by atoms with E-state index in [2.05, 4.69) is 17.6 Å². The molecule has 0 saturated carbocycles. The molecule has 1 fully saturated rings. The maximum absolute atomic E-state index is 11.0. The Kier molecular flexibility index (Phi) is 4.60. The Morgan fingerprint density at radius 3 is 2.79 bits per heavy atom. The quantitative estimate of drug-likeness (QED) is 0.591. The third-order valence-corrected chi connectivity index (χ3v) is 4.42. The van der Waals surface area contributed by atoms with Gasteiger partial charge in [-0.2, -0.15) is 0 Å². The number of nitro groups is 1. The second-order valence-electron chi connectivity index (χ2n) is 6.80. The van der Waals surface area contributed by atoms with Crippen molar-refractivity contribution in [2.45, 2.75) is 58.5 Å². The molecule has 1 atom stereocenters. The number of aromatic nitrogens is 1. The monoisotopic (exact) mass is 332 g/mol. The number of rotatable bonds is 6. The van der Waals surface area contributed by atoms with Gasteiger partial charge in [0.1, 0.15) is 6.10 Å². The fraction of sp³-hybridized carbons (Fsp3) is 0.556. The Labute approximate surface area is 141 Å². The molecule has 24 heavy (non-hydrogen) atoms. The molecule has 6 nitrogen and oxygen atoms in total. The predicted molar refractivity (Wildman–Crippen MR) is 92.1 cm³/mol. The van der Waals surface area contributed by atoms with Crippen LogP contribution in [-0.4, -0.2) is 28.0 Å².